The Hall–Kier alpha value is -2.42. The van der Waals surface area contributed by atoms with E-state index >= 15 is 0 Å². The van der Waals surface area contributed by atoms with Crippen LogP contribution >= 0.6 is 11.8 Å². The molecule has 0 aliphatic rings. The largest absolute Gasteiger partial charge is 0.369 e. The van der Waals surface area contributed by atoms with Gasteiger partial charge in [0.1, 0.15) is 0 Å². The summed E-state index contributed by atoms with van der Waals surface area (Å²) in [4.78, 5) is 18.9. The maximum atomic E-state index is 10.6. The molecule has 0 spiro atoms. The van der Waals surface area contributed by atoms with Crippen molar-refractivity contribution in [3.8, 4) is 0 Å². The topological polar surface area (TPSA) is 122 Å². The molecule has 0 saturated carbocycles. The van der Waals surface area contributed by atoms with Gasteiger partial charge in [-0.05, 0) is 19.1 Å². The molecule has 0 aliphatic heterocycles. The van der Waals surface area contributed by atoms with Crippen LogP contribution in [0, 0.1) is 0 Å². The van der Waals surface area contributed by atoms with Crippen LogP contribution in [0.15, 0.2) is 34.7 Å². The van der Waals surface area contributed by atoms with E-state index in [1.165, 1.54) is 0 Å². The summed E-state index contributed by atoms with van der Waals surface area (Å²) in [5, 5.41) is 11.1. The van der Waals surface area contributed by atoms with E-state index in [1.54, 1.807) is 6.20 Å². The number of primary amides is 1. The molecule has 0 fully saturated rings. The van der Waals surface area contributed by atoms with E-state index < -0.39 is 5.91 Å². The molecule has 2 heterocycles. The molecular weight excluding hydrogens is 278 g/mol. The predicted octanol–water partition coefficient (Wildman–Crippen LogP) is 0.613. The summed E-state index contributed by atoms with van der Waals surface area (Å²) in [6.45, 7) is 1.83. The van der Waals surface area contributed by atoms with Gasteiger partial charge in [0.15, 0.2) is 0 Å². The third-order valence-corrected chi connectivity index (χ3v) is 3.04. The van der Waals surface area contributed by atoms with Gasteiger partial charge >= 0.3 is 0 Å². The number of rotatable bonds is 6. The van der Waals surface area contributed by atoms with Gasteiger partial charge in [-0.2, -0.15) is 10.1 Å². The quantitative estimate of drug-likeness (QED) is 0.407. The molecule has 9 heteroatoms. The lowest BCUT2D eigenvalue weighted by atomic mass is 10.3. The molecule has 1 amide bonds. The van der Waals surface area contributed by atoms with Crippen molar-refractivity contribution in [2.75, 3.05) is 11.2 Å². The van der Waals surface area contributed by atoms with Crippen molar-refractivity contribution in [1.29, 1.82) is 0 Å². The highest BCUT2D eigenvalue weighted by molar-refractivity contribution is 7.99. The minimum Gasteiger partial charge on any atom is -0.369 e. The van der Waals surface area contributed by atoms with E-state index in [0.29, 0.717) is 16.8 Å². The first-order chi connectivity index (χ1) is 9.65. The highest BCUT2D eigenvalue weighted by atomic mass is 32.2. The molecule has 2 aromatic heterocycles. The second-order valence-electron chi connectivity index (χ2n) is 3.75. The predicted molar refractivity (Wildman–Crippen MR) is 76.4 cm³/mol. The Morgan fingerprint density at radius 3 is 3.10 bits per heavy atom. The normalized spacial score (nSPS) is 11.3. The van der Waals surface area contributed by atoms with E-state index in [9.17, 15) is 4.79 Å². The molecule has 0 aliphatic carbocycles. The lowest BCUT2D eigenvalue weighted by Crippen LogP contribution is -2.13. The second kappa shape index (κ2) is 6.66. The summed E-state index contributed by atoms with van der Waals surface area (Å²) >= 11 is 1.15. The van der Waals surface area contributed by atoms with Crippen molar-refractivity contribution in [1.82, 2.24) is 20.2 Å². The molecule has 0 aromatic carbocycles. The minimum absolute atomic E-state index is 0.132. The highest BCUT2D eigenvalue weighted by Gasteiger charge is 2.05. The number of carbonyl (C=O) groups is 1. The number of thioether (sulfide) groups is 1. The Kier molecular flexibility index (Phi) is 4.66. The number of hydrogen-bond donors (Lipinski definition) is 3. The van der Waals surface area contributed by atoms with Crippen LogP contribution in [0.25, 0.3) is 0 Å². The number of nitrogens with one attached hydrogen (secondary N) is 2. The summed E-state index contributed by atoms with van der Waals surface area (Å²) in [7, 11) is 0. The van der Waals surface area contributed by atoms with E-state index in [2.05, 4.69) is 30.7 Å². The van der Waals surface area contributed by atoms with E-state index in [4.69, 9.17) is 5.73 Å². The third kappa shape index (κ3) is 4.05. The van der Waals surface area contributed by atoms with Crippen LogP contribution in [0.4, 0.5) is 5.95 Å². The molecule has 0 unspecified atom stereocenters. The Morgan fingerprint density at radius 1 is 1.55 bits per heavy atom. The molecule has 8 nitrogen and oxygen atoms in total. The number of aromatic nitrogens is 4. The number of hydrazone groups is 1. The fourth-order valence-corrected chi connectivity index (χ4v) is 1.80. The Morgan fingerprint density at radius 2 is 2.40 bits per heavy atom. The Labute approximate surface area is 119 Å². The summed E-state index contributed by atoms with van der Waals surface area (Å²) < 4.78 is 0. The summed E-state index contributed by atoms with van der Waals surface area (Å²) in [6, 6.07) is 5.58. The number of amides is 1. The zero-order valence-corrected chi connectivity index (χ0v) is 11.5. The van der Waals surface area contributed by atoms with Gasteiger partial charge in [-0.1, -0.05) is 17.8 Å². The molecule has 0 atom stereocenters. The van der Waals surface area contributed by atoms with Gasteiger partial charge in [0.05, 0.1) is 17.2 Å². The van der Waals surface area contributed by atoms with Crippen molar-refractivity contribution in [2.45, 2.75) is 12.1 Å². The molecule has 104 valence electrons. The Bertz CT molecular complexity index is 610. The average Bonchev–Trinajstić information content (AvgIpc) is 2.91. The number of pyridine rings is 1. The molecule has 4 N–H and O–H groups in total. The molecule has 0 bridgehead atoms. The number of hydrogen-bond acceptors (Lipinski definition) is 7. The van der Waals surface area contributed by atoms with Crippen LogP contribution in [-0.2, 0) is 4.79 Å². The third-order valence-electron chi connectivity index (χ3n) is 2.17. The van der Waals surface area contributed by atoms with Gasteiger partial charge in [-0.15, -0.1) is 5.10 Å². The fourth-order valence-electron chi connectivity index (χ4n) is 1.27. The number of aromatic amines is 1. The Balaban J connectivity index is 1.95. The van der Waals surface area contributed by atoms with Crippen molar-refractivity contribution >= 4 is 29.3 Å². The standard InChI is InChI=1S/C11H13N7OS/c1-7(8-4-2-3-5-13-8)15-16-10-14-11(18-17-10)20-6-9(12)19/h2-5H,6H2,1H3,(H2,12,19)(H2,14,16,17,18)/b15-7+. The van der Waals surface area contributed by atoms with E-state index in [1.807, 2.05) is 25.1 Å². The maximum Gasteiger partial charge on any atom is 0.240 e. The van der Waals surface area contributed by atoms with Crippen LogP contribution in [0.3, 0.4) is 0 Å². The first kappa shape index (κ1) is 14.0. The maximum absolute atomic E-state index is 10.6. The number of nitrogens with two attached hydrogens (primary N) is 1. The van der Waals surface area contributed by atoms with Gasteiger partial charge in [-0.3, -0.25) is 9.78 Å². The fraction of sp³-hybridized carbons (Fsp3) is 0.182. The molecule has 20 heavy (non-hydrogen) atoms. The van der Waals surface area contributed by atoms with Crippen LogP contribution < -0.4 is 11.2 Å². The van der Waals surface area contributed by atoms with Crippen molar-refractivity contribution in [3.63, 3.8) is 0 Å². The van der Waals surface area contributed by atoms with Gasteiger partial charge in [0, 0.05) is 6.20 Å². The molecule has 2 aromatic rings. The zero-order chi connectivity index (χ0) is 14.4. The number of carbonyl (C=O) groups excluding carboxylic acids is 1. The van der Waals surface area contributed by atoms with Crippen LogP contribution in [0.1, 0.15) is 12.6 Å². The number of nitrogens with zero attached hydrogens (tertiary/aromatic N) is 4. The first-order valence-corrected chi connectivity index (χ1v) is 6.69. The van der Waals surface area contributed by atoms with Crippen molar-refractivity contribution < 1.29 is 4.79 Å². The monoisotopic (exact) mass is 291 g/mol. The summed E-state index contributed by atoms with van der Waals surface area (Å²) in [5.74, 6) is 0.0960. The number of H-pyrrole nitrogens is 1. The zero-order valence-electron chi connectivity index (χ0n) is 10.7. The molecule has 0 radical (unpaired) electrons. The van der Waals surface area contributed by atoms with Gasteiger partial charge < -0.3 is 5.73 Å². The molecular formula is C11H13N7OS. The lowest BCUT2D eigenvalue weighted by Gasteiger charge is -1.99. The van der Waals surface area contributed by atoms with Crippen molar-refractivity contribution in [2.24, 2.45) is 10.8 Å². The molecule has 2 rings (SSSR count). The average molecular weight is 291 g/mol. The van der Waals surface area contributed by atoms with Gasteiger partial charge in [0.25, 0.3) is 0 Å². The van der Waals surface area contributed by atoms with E-state index in [-0.39, 0.29) is 5.75 Å². The summed E-state index contributed by atoms with van der Waals surface area (Å²) in [5.41, 5.74) is 9.26. The van der Waals surface area contributed by atoms with Crippen molar-refractivity contribution in [3.05, 3.63) is 30.1 Å². The van der Waals surface area contributed by atoms with E-state index in [0.717, 1.165) is 17.5 Å². The highest BCUT2D eigenvalue weighted by Crippen LogP contribution is 2.13. The summed E-state index contributed by atoms with van der Waals surface area (Å²) in [6.07, 6.45) is 1.70. The van der Waals surface area contributed by atoms with Gasteiger partial charge in [0.2, 0.25) is 17.0 Å². The van der Waals surface area contributed by atoms with Gasteiger partial charge in [-0.25, -0.2) is 10.5 Å². The van der Waals surface area contributed by atoms with Crippen LogP contribution in [-0.4, -0.2) is 37.5 Å². The van der Waals surface area contributed by atoms with Crippen LogP contribution in [0.5, 0.6) is 0 Å². The lowest BCUT2D eigenvalue weighted by molar-refractivity contribution is -0.115. The second-order valence-corrected chi connectivity index (χ2v) is 4.69. The molecule has 0 saturated heterocycles. The SMILES string of the molecule is C/C(=N\Nc1nc(SCC(N)=O)n[nH]1)c1ccccn1. The first-order valence-electron chi connectivity index (χ1n) is 5.70. The van der Waals surface area contributed by atoms with Crippen LogP contribution in [0.2, 0.25) is 0 Å². The smallest absolute Gasteiger partial charge is 0.240 e. The number of anilines is 1. The minimum atomic E-state index is -0.418.